The predicted octanol–water partition coefficient (Wildman–Crippen LogP) is 13.6. The van der Waals surface area contributed by atoms with E-state index in [1.54, 1.807) is 0 Å². The number of carbonyl (C=O) groups excluding carboxylic acids is 2. The van der Waals surface area contributed by atoms with E-state index >= 15 is 0 Å². The zero-order valence-electron chi connectivity index (χ0n) is 37.8. The summed E-state index contributed by atoms with van der Waals surface area (Å²) in [5, 5.41) is 8.74. The standard InChI is InChI=1S/C25H34O2.C24H44O2.CH3I.I3/c1-6-7-8-9-10-11-12-13-14-15-16-17-21(2)20-27-23-18-19-25(4,5)24(26)22(23)3;1-21-22(24(2,3)19-18-23(21)26)17-15-13-11-9-7-5-4-6-8-10-12-14-16-20-25;1-2;1-3-2/h6-17,21H,18-20H2,1-5H3;25H,4-20H2,1-3H3;1H3;/q;;;-1/b7-6+,9-8+,11-10+,13-12+,15-14+,17-16+;;;. The summed E-state index contributed by atoms with van der Waals surface area (Å²) in [5.74, 6) is 1.76. The number of alkyl halides is 1. The second-order valence-corrected chi connectivity index (χ2v) is 32.8. The molecule has 0 aromatic rings. The van der Waals surface area contributed by atoms with Crippen LogP contribution in [-0.4, -0.2) is 34.8 Å². The fraction of sp³-hybridized carbons (Fsp3) is 0.640. The molecule has 1 atom stereocenters. The molecule has 2 rings (SSSR count). The summed E-state index contributed by atoms with van der Waals surface area (Å²) in [6.07, 6.45) is 45.7. The molecule has 4 nitrogen and oxygen atoms in total. The van der Waals surface area contributed by atoms with E-state index in [-0.39, 0.29) is 16.6 Å². The Kier molecular flexibility index (Phi) is 41.2. The van der Waals surface area contributed by atoms with Crippen LogP contribution in [0.2, 0.25) is 0 Å². The number of aliphatic hydroxyl groups excluding tert-OH is 1. The van der Waals surface area contributed by atoms with Gasteiger partial charge in [0.2, 0.25) is 0 Å². The van der Waals surface area contributed by atoms with Crippen LogP contribution in [0.15, 0.2) is 95.4 Å². The second kappa shape index (κ2) is 39.8. The van der Waals surface area contributed by atoms with E-state index in [0.29, 0.717) is 38.2 Å². The van der Waals surface area contributed by atoms with Crippen LogP contribution in [-0.2, 0) is 14.3 Å². The first-order valence-corrected chi connectivity index (χ1v) is 36.4. The molecule has 0 fully saturated rings. The van der Waals surface area contributed by atoms with Crippen molar-refractivity contribution in [3.63, 3.8) is 0 Å². The Morgan fingerprint density at radius 1 is 0.655 bits per heavy atom. The first-order chi connectivity index (χ1) is 27.8. The maximum absolute atomic E-state index is 12.3. The second-order valence-electron chi connectivity index (χ2n) is 16.5. The molecule has 0 bridgehead atoms. The molecule has 58 heavy (non-hydrogen) atoms. The Balaban J connectivity index is 0. The number of allylic oxidation sites excluding steroid dienone is 15. The van der Waals surface area contributed by atoms with Gasteiger partial charge in [-0.25, -0.2) is 0 Å². The van der Waals surface area contributed by atoms with Crippen LogP contribution in [0.25, 0.3) is 0 Å². The Bertz CT molecular complexity index is 1330. The van der Waals surface area contributed by atoms with Gasteiger partial charge in [0, 0.05) is 36.4 Å². The molecule has 334 valence electrons. The van der Waals surface area contributed by atoms with Gasteiger partial charge in [0.15, 0.2) is 11.6 Å². The van der Waals surface area contributed by atoms with Crippen LogP contribution in [0.4, 0.5) is 0 Å². The summed E-state index contributed by atoms with van der Waals surface area (Å²) >= 11 is 7.45. The molecule has 2 aliphatic carbocycles. The molecule has 0 aromatic heterocycles. The van der Waals surface area contributed by atoms with Crippen LogP contribution in [0.1, 0.15) is 171 Å². The van der Waals surface area contributed by atoms with Gasteiger partial charge in [0.05, 0.1) is 6.61 Å². The molecular formula is C50H81I4O4-. The van der Waals surface area contributed by atoms with Gasteiger partial charge in [-0.15, -0.1) is 0 Å². The van der Waals surface area contributed by atoms with Crippen molar-refractivity contribution in [1.29, 1.82) is 0 Å². The molecule has 2 aliphatic rings. The number of hydrogen-bond acceptors (Lipinski definition) is 4. The Morgan fingerprint density at radius 2 is 1.07 bits per heavy atom. The molecule has 0 aliphatic heterocycles. The van der Waals surface area contributed by atoms with Crippen molar-refractivity contribution in [2.75, 3.05) is 18.1 Å². The molecular weight excluding hydrogens is 1170 g/mol. The number of ketones is 2. The van der Waals surface area contributed by atoms with Crippen molar-refractivity contribution in [1.82, 2.24) is 0 Å². The summed E-state index contributed by atoms with van der Waals surface area (Å²) in [5.41, 5.74) is 3.28. The van der Waals surface area contributed by atoms with Gasteiger partial charge in [-0.05, 0) is 68.8 Å². The summed E-state index contributed by atoms with van der Waals surface area (Å²) in [7, 11) is 0. The van der Waals surface area contributed by atoms with E-state index in [0.717, 1.165) is 55.4 Å². The molecule has 0 radical (unpaired) electrons. The van der Waals surface area contributed by atoms with Crippen LogP contribution in [0, 0.1) is 16.7 Å². The van der Waals surface area contributed by atoms with Crippen LogP contribution >= 0.6 is 59.8 Å². The number of halogens is 4. The first-order valence-electron chi connectivity index (χ1n) is 21.7. The van der Waals surface area contributed by atoms with E-state index in [9.17, 15) is 9.59 Å². The third-order valence-corrected chi connectivity index (χ3v) is 10.8. The van der Waals surface area contributed by atoms with Crippen LogP contribution < -0.4 is 13.3 Å². The zero-order valence-corrected chi connectivity index (χ0v) is 46.5. The minimum atomic E-state index is -0.251. The van der Waals surface area contributed by atoms with Crippen molar-refractivity contribution in [2.24, 2.45) is 16.7 Å². The Hall–Kier alpha value is -0.0600. The predicted molar refractivity (Wildman–Crippen MR) is 277 cm³/mol. The van der Waals surface area contributed by atoms with Gasteiger partial charge in [-0.1, -0.05) is 206 Å². The van der Waals surface area contributed by atoms with Crippen molar-refractivity contribution in [3.8, 4) is 0 Å². The molecule has 1 unspecified atom stereocenters. The molecule has 0 spiro atoms. The molecule has 1 N–H and O–H groups in total. The average molecular weight is 1250 g/mol. The van der Waals surface area contributed by atoms with Crippen molar-refractivity contribution < 1.29 is 32.7 Å². The number of rotatable bonds is 24. The molecule has 0 aromatic carbocycles. The number of unbranched alkanes of at least 4 members (excludes halogenated alkanes) is 12. The van der Waals surface area contributed by atoms with Gasteiger partial charge < -0.3 is 9.84 Å². The normalized spacial score (nSPS) is 17.4. The van der Waals surface area contributed by atoms with Crippen LogP contribution in [0.5, 0.6) is 0 Å². The Labute approximate surface area is 401 Å². The molecule has 0 saturated carbocycles. The molecule has 0 heterocycles. The molecule has 0 saturated heterocycles. The van der Waals surface area contributed by atoms with E-state index in [4.69, 9.17) is 9.84 Å². The quantitative estimate of drug-likeness (QED) is 0.0453. The topological polar surface area (TPSA) is 63.6 Å². The van der Waals surface area contributed by atoms with Gasteiger partial charge in [-0.2, -0.15) is 0 Å². The van der Waals surface area contributed by atoms with E-state index < -0.39 is 0 Å². The minimum absolute atomic E-state index is 0.216. The SMILES string of the molecule is C/C=C/C=C/C=C/C=C/C=C/C=C/C(C)COC1=C(C)C(=O)C(C)(C)CC1.CC1=C(CCCCCCCCCCCCCCCO)C(C)(C)CCC1=O.CI.I[I-]I. The summed E-state index contributed by atoms with van der Waals surface area (Å²) in [6, 6.07) is 0. The number of carbonyl (C=O) groups is 2. The van der Waals surface area contributed by atoms with Gasteiger partial charge in [0.25, 0.3) is 0 Å². The number of aliphatic hydroxyl groups is 1. The summed E-state index contributed by atoms with van der Waals surface area (Å²) in [6.45, 7) is 17.6. The van der Waals surface area contributed by atoms with Crippen molar-refractivity contribution >= 4 is 71.4 Å². The summed E-state index contributed by atoms with van der Waals surface area (Å²) in [4.78, 5) is 26.2. The van der Waals surface area contributed by atoms with E-state index in [1.807, 2.05) is 106 Å². The van der Waals surface area contributed by atoms with Crippen molar-refractivity contribution in [3.05, 3.63) is 95.4 Å². The van der Waals surface area contributed by atoms with Gasteiger partial charge in [0.1, 0.15) is 5.76 Å². The molecule has 8 heteroatoms. The van der Waals surface area contributed by atoms with E-state index in [1.165, 1.54) is 82.6 Å². The van der Waals surface area contributed by atoms with Gasteiger partial charge >= 0.3 is 50.5 Å². The third kappa shape index (κ3) is 30.9. The Morgan fingerprint density at radius 3 is 1.53 bits per heavy atom. The van der Waals surface area contributed by atoms with Crippen LogP contribution in [0.3, 0.4) is 0 Å². The van der Waals surface area contributed by atoms with Gasteiger partial charge in [-0.3, -0.25) is 9.59 Å². The molecule has 0 amide bonds. The number of ether oxygens (including phenoxy) is 1. The maximum atomic E-state index is 12.3. The first kappa shape index (κ1) is 60.0. The third-order valence-electron chi connectivity index (χ3n) is 10.8. The fourth-order valence-electron chi connectivity index (χ4n) is 7.03. The monoisotopic (exact) mass is 1250 g/mol. The summed E-state index contributed by atoms with van der Waals surface area (Å²) < 4.78 is 5.92. The number of hydrogen-bond donors (Lipinski definition) is 1. The van der Waals surface area contributed by atoms with E-state index in [2.05, 4.69) is 86.7 Å². The fourth-order valence-corrected chi connectivity index (χ4v) is 7.03. The zero-order chi connectivity index (χ0) is 44.1. The number of Topliss-reactive ketones (excluding diaryl/α,β-unsaturated/α-hetero) is 2. The average Bonchev–Trinajstić information content (AvgIpc) is 3.20. The van der Waals surface area contributed by atoms with Crippen molar-refractivity contribution in [2.45, 2.75) is 171 Å².